The largest absolute Gasteiger partial charge is 0.466 e. The maximum atomic E-state index is 12.5. The van der Waals surface area contributed by atoms with E-state index in [2.05, 4.69) is 43.5 Å². The molecule has 0 aliphatic heterocycles. The number of allylic oxidation sites excluding steroid dienone is 5. The van der Waals surface area contributed by atoms with Gasteiger partial charge in [-0.25, -0.2) is 0 Å². The van der Waals surface area contributed by atoms with Crippen molar-refractivity contribution in [3.05, 3.63) is 36.5 Å². The Hall–Kier alpha value is -1.92. The monoisotopic (exact) mass is 1190 g/mol. The number of aliphatic hydroxyl groups is 2. The van der Waals surface area contributed by atoms with Crippen molar-refractivity contribution in [1.82, 2.24) is 5.32 Å². The van der Waals surface area contributed by atoms with Crippen LogP contribution in [-0.4, -0.2) is 47.4 Å². The fraction of sp³-hybridized carbons (Fsp3) is 0.899. The maximum absolute atomic E-state index is 12.5. The number of carbonyl (C=O) groups excluding carboxylic acids is 2. The summed E-state index contributed by atoms with van der Waals surface area (Å²) in [6.45, 7) is 4.92. The average Bonchev–Trinajstić information content (AvgIpc) is 3.51. The predicted molar refractivity (Wildman–Crippen MR) is 375 cm³/mol. The van der Waals surface area contributed by atoms with E-state index in [4.69, 9.17) is 4.74 Å². The fourth-order valence-electron chi connectivity index (χ4n) is 12.3. The van der Waals surface area contributed by atoms with Gasteiger partial charge in [0.1, 0.15) is 0 Å². The molecule has 0 aromatic carbocycles. The Balaban J connectivity index is 3.32. The zero-order valence-electron chi connectivity index (χ0n) is 57.6. The summed E-state index contributed by atoms with van der Waals surface area (Å²) in [5.74, 6) is -0.0418. The third-order valence-corrected chi connectivity index (χ3v) is 18.2. The minimum absolute atomic E-state index is 0.0183. The number of amides is 1. The molecule has 0 saturated carbocycles. The van der Waals surface area contributed by atoms with Crippen LogP contribution in [0.1, 0.15) is 431 Å². The molecule has 0 radical (unpaired) electrons. The van der Waals surface area contributed by atoms with Gasteiger partial charge in [-0.15, -0.1) is 0 Å². The maximum Gasteiger partial charge on any atom is 0.305 e. The van der Waals surface area contributed by atoms with Gasteiger partial charge in [0.2, 0.25) is 5.91 Å². The summed E-state index contributed by atoms with van der Waals surface area (Å²) >= 11 is 0. The summed E-state index contributed by atoms with van der Waals surface area (Å²) in [5.41, 5.74) is 0. The van der Waals surface area contributed by atoms with Crippen molar-refractivity contribution >= 4 is 11.9 Å². The van der Waals surface area contributed by atoms with Crippen molar-refractivity contribution in [1.29, 1.82) is 0 Å². The molecule has 0 aliphatic rings. The first-order valence-corrected chi connectivity index (χ1v) is 38.8. The number of ether oxygens (including phenoxy) is 1. The Morgan fingerprint density at radius 2 is 0.588 bits per heavy atom. The van der Waals surface area contributed by atoms with Gasteiger partial charge in [0, 0.05) is 12.8 Å². The second-order valence-corrected chi connectivity index (χ2v) is 26.7. The van der Waals surface area contributed by atoms with E-state index in [1.54, 1.807) is 6.08 Å². The summed E-state index contributed by atoms with van der Waals surface area (Å²) in [6, 6.07) is -0.624. The van der Waals surface area contributed by atoms with Crippen LogP contribution in [0, 0.1) is 0 Å². The molecule has 2 atom stereocenters. The number of rotatable bonds is 73. The molecule has 0 saturated heterocycles. The normalized spacial score (nSPS) is 12.7. The van der Waals surface area contributed by atoms with E-state index >= 15 is 0 Å². The Morgan fingerprint density at radius 3 is 0.918 bits per heavy atom. The molecule has 6 heteroatoms. The van der Waals surface area contributed by atoms with Gasteiger partial charge in [-0.05, 0) is 64.2 Å². The number of esters is 1. The van der Waals surface area contributed by atoms with Crippen molar-refractivity contribution in [3.63, 3.8) is 0 Å². The van der Waals surface area contributed by atoms with E-state index in [1.807, 2.05) is 6.08 Å². The van der Waals surface area contributed by atoms with E-state index in [0.29, 0.717) is 19.4 Å². The molecular formula is C79H151NO5. The van der Waals surface area contributed by atoms with Crippen LogP contribution in [0.25, 0.3) is 0 Å². The topological polar surface area (TPSA) is 95.9 Å². The first kappa shape index (κ1) is 83.1. The lowest BCUT2D eigenvalue weighted by Crippen LogP contribution is -2.45. The first-order valence-electron chi connectivity index (χ1n) is 38.8. The SMILES string of the molecule is CCCCC/C=C\C/C=C\CCCCCCCCCCCC(=O)OCCCCCCCCCCCCCCCCCCCCCCCCCCCCCCCCCCCC(=O)NC(CO)C(O)/C=C/CCCCCCCCCCCCCCCC. The van der Waals surface area contributed by atoms with Gasteiger partial charge >= 0.3 is 5.97 Å². The van der Waals surface area contributed by atoms with Crippen LogP contribution < -0.4 is 5.32 Å². The molecule has 0 spiro atoms. The third kappa shape index (κ3) is 71.0. The second kappa shape index (κ2) is 74.5. The van der Waals surface area contributed by atoms with Crippen LogP contribution >= 0.6 is 0 Å². The van der Waals surface area contributed by atoms with Gasteiger partial charge in [0.05, 0.1) is 25.4 Å². The van der Waals surface area contributed by atoms with E-state index in [0.717, 1.165) is 51.4 Å². The fourth-order valence-corrected chi connectivity index (χ4v) is 12.3. The van der Waals surface area contributed by atoms with Crippen molar-refractivity contribution in [2.45, 2.75) is 443 Å². The Morgan fingerprint density at radius 1 is 0.329 bits per heavy atom. The number of hydrogen-bond donors (Lipinski definition) is 3. The highest BCUT2D eigenvalue weighted by Crippen LogP contribution is 2.20. The summed E-state index contributed by atoms with van der Waals surface area (Å²) in [7, 11) is 0. The predicted octanol–water partition coefficient (Wildman–Crippen LogP) is 25.4. The van der Waals surface area contributed by atoms with Gasteiger partial charge < -0.3 is 20.3 Å². The standard InChI is InChI=1S/C79H151NO5/c1-3-5-7-9-11-13-15-17-19-21-37-41-45-49-53-57-61-65-69-73-79(84)85-74-70-66-62-58-54-50-46-42-39-36-34-32-30-28-26-24-22-23-25-27-29-31-33-35-38-40-44-48-52-56-60-64-68-72-78(83)80-76(75-81)77(82)71-67-63-59-55-51-47-43-20-18-16-14-12-10-8-6-4-2/h11,13,17,19,67,71,76-77,81-82H,3-10,12,14-16,18,20-66,68-70,72-75H2,1-2H3,(H,80,83)/b13-11-,19-17-,71-67+. The lowest BCUT2D eigenvalue weighted by Gasteiger charge is -2.20. The first-order chi connectivity index (χ1) is 42.0. The molecule has 0 fully saturated rings. The van der Waals surface area contributed by atoms with Crippen LogP contribution in [0.2, 0.25) is 0 Å². The smallest absolute Gasteiger partial charge is 0.305 e. The summed E-state index contributed by atoms with van der Waals surface area (Å²) < 4.78 is 5.52. The quantitative estimate of drug-likeness (QED) is 0.0320. The minimum atomic E-state index is -0.841. The molecule has 0 aromatic heterocycles. The lowest BCUT2D eigenvalue weighted by molar-refractivity contribution is -0.143. The Kier molecular flexibility index (Phi) is 72.9. The molecule has 0 aliphatic carbocycles. The highest BCUT2D eigenvalue weighted by Gasteiger charge is 2.18. The van der Waals surface area contributed by atoms with Gasteiger partial charge in [-0.1, -0.05) is 391 Å². The van der Waals surface area contributed by atoms with E-state index in [-0.39, 0.29) is 18.5 Å². The van der Waals surface area contributed by atoms with E-state index < -0.39 is 12.1 Å². The van der Waals surface area contributed by atoms with Crippen LogP contribution in [0.5, 0.6) is 0 Å². The van der Waals surface area contributed by atoms with Crippen molar-refractivity contribution < 1.29 is 24.5 Å². The molecule has 0 rings (SSSR count). The summed E-state index contributed by atoms with van der Waals surface area (Å²) in [4.78, 5) is 24.6. The zero-order valence-corrected chi connectivity index (χ0v) is 57.6. The molecule has 0 bridgehead atoms. The van der Waals surface area contributed by atoms with E-state index in [1.165, 1.54) is 353 Å². The number of carbonyl (C=O) groups is 2. The molecule has 0 aromatic rings. The molecule has 2 unspecified atom stereocenters. The number of unbranched alkanes of at least 4 members (excludes halogenated alkanes) is 58. The molecule has 1 amide bonds. The summed E-state index contributed by atoms with van der Waals surface area (Å²) in [6.07, 6.45) is 96.9. The molecule has 502 valence electrons. The van der Waals surface area contributed by atoms with E-state index in [9.17, 15) is 19.8 Å². The average molecular weight is 1200 g/mol. The highest BCUT2D eigenvalue weighted by atomic mass is 16.5. The van der Waals surface area contributed by atoms with Crippen molar-refractivity contribution in [2.75, 3.05) is 13.2 Å². The highest BCUT2D eigenvalue weighted by molar-refractivity contribution is 5.76. The molecule has 3 N–H and O–H groups in total. The molecule has 0 heterocycles. The van der Waals surface area contributed by atoms with Crippen LogP contribution in [0.3, 0.4) is 0 Å². The third-order valence-electron chi connectivity index (χ3n) is 18.2. The Bertz CT molecular complexity index is 1380. The number of nitrogens with one attached hydrogen (secondary N) is 1. The van der Waals surface area contributed by atoms with Gasteiger partial charge in [-0.3, -0.25) is 9.59 Å². The van der Waals surface area contributed by atoms with Crippen molar-refractivity contribution in [3.8, 4) is 0 Å². The van der Waals surface area contributed by atoms with Crippen molar-refractivity contribution in [2.24, 2.45) is 0 Å². The molecule has 6 nitrogen and oxygen atoms in total. The Labute approximate surface area is 532 Å². The minimum Gasteiger partial charge on any atom is -0.466 e. The second-order valence-electron chi connectivity index (χ2n) is 26.7. The van der Waals surface area contributed by atoms with Gasteiger partial charge in [0.15, 0.2) is 0 Å². The van der Waals surface area contributed by atoms with Crippen LogP contribution in [0.15, 0.2) is 36.5 Å². The van der Waals surface area contributed by atoms with Crippen LogP contribution in [-0.2, 0) is 14.3 Å². The zero-order chi connectivity index (χ0) is 61.3. The number of hydrogen-bond acceptors (Lipinski definition) is 5. The lowest BCUT2D eigenvalue weighted by atomic mass is 10.0. The van der Waals surface area contributed by atoms with Crippen LogP contribution in [0.4, 0.5) is 0 Å². The van der Waals surface area contributed by atoms with Gasteiger partial charge in [0.25, 0.3) is 0 Å². The molecular weight excluding hydrogens is 1040 g/mol. The number of aliphatic hydroxyl groups excluding tert-OH is 2. The van der Waals surface area contributed by atoms with Gasteiger partial charge in [-0.2, -0.15) is 0 Å². The summed E-state index contributed by atoms with van der Waals surface area (Å²) in [5, 5.41) is 23.2. The molecule has 85 heavy (non-hydrogen) atoms.